The van der Waals surface area contributed by atoms with E-state index in [0.29, 0.717) is 18.6 Å². The third-order valence-electron chi connectivity index (χ3n) is 3.38. The second-order valence-electron chi connectivity index (χ2n) is 5.16. The molecular weight excluding hydrogens is 316 g/mol. The molecule has 0 aliphatic carbocycles. The van der Waals surface area contributed by atoms with Gasteiger partial charge in [0.2, 0.25) is 14.9 Å². The van der Waals surface area contributed by atoms with Gasteiger partial charge in [-0.25, -0.2) is 8.42 Å². The maximum atomic E-state index is 12.4. The number of aldehydes is 1. The van der Waals surface area contributed by atoms with Gasteiger partial charge in [0.05, 0.1) is 11.5 Å². The van der Waals surface area contributed by atoms with Gasteiger partial charge < -0.3 is 9.15 Å². The molecule has 1 aromatic carbocycles. The molecule has 0 saturated heterocycles. The molecule has 0 saturated carbocycles. The largest absolute Gasteiger partial charge is 0.494 e. The fraction of sp³-hybridized carbons (Fsp3) is 0.353. The Labute approximate surface area is 136 Å². The Morgan fingerprint density at radius 2 is 1.78 bits per heavy atom. The van der Waals surface area contributed by atoms with E-state index in [1.54, 1.807) is 12.1 Å². The van der Waals surface area contributed by atoms with Crippen molar-refractivity contribution in [2.75, 3.05) is 6.61 Å². The highest BCUT2D eigenvalue weighted by atomic mass is 32.2. The maximum absolute atomic E-state index is 12.4. The van der Waals surface area contributed by atoms with Gasteiger partial charge in [-0.2, -0.15) is 0 Å². The Morgan fingerprint density at radius 3 is 2.39 bits per heavy atom. The van der Waals surface area contributed by atoms with Crippen LogP contribution in [0.2, 0.25) is 0 Å². The summed E-state index contributed by atoms with van der Waals surface area (Å²) in [4.78, 5) is 10.7. The molecule has 0 bridgehead atoms. The molecule has 2 aromatic rings. The SMILES string of the molecule is CCCCCCOc1ccc(S(=O)(=O)c2ccc(C=O)o2)cc1. The number of carbonyl (C=O) groups excluding carboxylic acids is 1. The van der Waals surface area contributed by atoms with Crippen LogP contribution in [0, 0.1) is 0 Å². The van der Waals surface area contributed by atoms with Gasteiger partial charge in [0, 0.05) is 0 Å². The Kier molecular flexibility index (Phi) is 5.98. The highest BCUT2D eigenvalue weighted by molar-refractivity contribution is 7.91. The van der Waals surface area contributed by atoms with E-state index < -0.39 is 9.84 Å². The third-order valence-corrected chi connectivity index (χ3v) is 5.03. The molecule has 0 aliphatic heterocycles. The van der Waals surface area contributed by atoms with E-state index >= 15 is 0 Å². The average molecular weight is 336 g/mol. The standard InChI is InChI=1S/C17H20O5S/c1-2-3-4-5-12-21-14-6-9-16(10-7-14)23(19,20)17-11-8-15(13-18)22-17/h6-11,13H,2-5,12H2,1H3. The normalized spacial score (nSPS) is 11.3. The van der Waals surface area contributed by atoms with E-state index in [-0.39, 0.29) is 15.7 Å². The number of benzene rings is 1. The molecule has 0 fully saturated rings. The lowest BCUT2D eigenvalue weighted by molar-refractivity contribution is 0.109. The first-order valence-electron chi connectivity index (χ1n) is 7.61. The third kappa shape index (κ3) is 4.45. The lowest BCUT2D eigenvalue weighted by Gasteiger charge is -2.07. The van der Waals surface area contributed by atoms with Crippen LogP contribution < -0.4 is 4.74 Å². The second kappa shape index (κ2) is 7.97. The topological polar surface area (TPSA) is 73.6 Å². The van der Waals surface area contributed by atoms with Crippen molar-refractivity contribution in [3.63, 3.8) is 0 Å². The van der Waals surface area contributed by atoms with E-state index in [1.165, 1.54) is 37.1 Å². The fourth-order valence-electron chi connectivity index (χ4n) is 2.09. The summed E-state index contributed by atoms with van der Waals surface area (Å²) in [5.41, 5.74) is 0. The first-order chi connectivity index (χ1) is 11.1. The molecule has 124 valence electrons. The summed E-state index contributed by atoms with van der Waals surface area (Å²) in [6.07, 6.45) is 4.93. The van der Waals surface area contributed by atoms with Crippen LogP contribution in [-0.4, -0.2) is 21.3 Å². The van der Waals surface area contributed by atoms with Crippen molar-refractivity contribution in [3.8, 4) is 5.75 Å². The van der Waals surface area contributed by atoms with Gasteiger partial charge in [-0.05, 0) is 42.8 Å². The van der Waals surface area contributed by atoms with Crippen molar-refractivity contribution in [3.05, 3.63) is 42.2 Å². The van der Waals surface area contributed by atoms with E-state index in [4.69, 9.17) is 9.15 Å². The highest BCUT2D eigenvalue weighted by Gasteiger charge is 2.21. The number of hydrogen-bond donors (Lipinski definition) is 0. The van der Waals surface area contributed by atoms with Crippen molar-refractivity contribution in [1.29, 1.82) is 0 Å². The Bertz CT molecular complexity index is 729. The van der Waals surface area contributed by atoms with Crippen molar-refractivity contribution in [2.24, 2.45) is 0 Å². The predicted molar refractivity (Wildman–Crippen MR) is 85.6 cm³/mol. The number of furan rings is 1. The van der Waals surface area contributed by atoms with Crippen LogP contribution in [0.15, 0.2) is 50.8 Å². The average Bonchev–Trinajstić information content (AvgIpc) is 3.05. The monoisotopic (exact) mass is 336 g/mol. The molecule has 0 unspecified atom stereocenters. The van der Waals surface area contributed by atoms with Gasteiger partial charge in [0.15, 0.2) is 12.0 Å². The maximum Gasteiger partial charge on any atom is 0.239 e. The predicted octanol–water partition coefficient (Wildman–Crippen LogP) is 3.88. The lowest BCUT2D eigenvalue weighted by atomic mass is 10.2. The summed E-state index contributed by atoms with van der Waals surface area (Å²) in [6, 6.07) is 8.79. The van der Waals surface area contributed by atoms with Crippen molar-refractivity contribution in [2.45, 2.75) is 42.6 Å². The molecule has 6 heteroatoms. The summed E-state index contributed by atoms with van der Waals surface area (Å²) in [5.74, 6) is 0.615. The van der Waals surface area contributed by atoms with E-state index in [9.17, 15) is 13.2 Å². The minimum absolute atomic E-state index is 0.0180. The summed E-state index contributed by atoms with van der Waals surface area (Å²) in [5, 5.41) is -0.243. The van der Waals surface area contributed by atoms with E-state index in [0.717, 1.165) is 12.8 Å². The molecule has 0 N–H and O–H groups in total. The molecule has 0 atom stereocenters. The van der Waals surface area contributed by atoms with Gasteiger partial charge in [-0.1, -0.05) is 26.2 Å². The molecule has 0 radical (unpaired) electrons. The Balaban J connectivity index is 2.02. The van der Waals surface area contributed by atoms with Gasteiger partial charge in [-0.3, -0.25) is 4.79 Å². The van der Waals surface area contributed by atoms with Gasteiger partial charge in [0.25, 0.3) is 0 Å². The fourth-order valence-corrected chi connectivity index (χ4v) is 3.27. The minimum Gasteiger partial charge on any atom is -0.494 e. The molecule has 5 nitrogen and oxygen atoms in total. The van der Waals surface area contributed by atoms with Gasteiger partial charge in [0.1, 0.15) is 5.75 Å². The first kappa shape index (κ1) is 17.3. The number of carbonyl (C=O) groups is 1. The number of hydrogen-bond acceptors (Lipinski definition) is 5. The zero-order chi connectivity index (χ0) is 16.7. The van der Waals surface area contributed by atoms with Crippen molar-refractivity contribution < 1.29 is 22.4 Å². The summed E-state index contributed by atoms with van der Waals surface area (Å²) in [7, 11) is -3.76. The van der Waals surface area contributed by atoms with Crippen LogP contribution in [0.3, 0.4) is 0 Å². The number of rotatable bonds is 9. The summed E-state index contributed by atoms with van der Waals surface area (Å²) >= 11 is 0. The summed E-state index contributed by atoms with van der Waals surface area (Å²) in [6.45, 7) is 2.77. The van der Waals surface area contributed by atoms with Gasteiger partial charge in [-0.15, -0.1) is 0 Å². The van der Waals surface area contributed by atoms with Crippen LogP contribution in [0.25, 0.3) is 0 Å². The van der Waals surface area contributed by atoms with Crippen molar-refractivity contribution in [1.82, 2.24) is 0 Å². The lowest BCUT2D eigenvalue weighted by Crippen LogP contribution is -2.01. The van der Waals surface area contributed by atoms with E-state index in [2.05, 4.69) is 6.92 Å². The molecule has 0 aliphatic rings. The zero-order valence-electron chi connectivity index (χ0n) is 13.0. The molecular formula is C17H20O5S. The summed E-state index contributed by atoms with van der Waals surface area (Å²) < 4.78 is 35.3. The van der Waals surface area contributed by atoms with Crippen LogP contribution in [-0.2, 0) is 9.84 Å². The van der Waals surface area contributed by atoms with Crippen molar-refractivity contribution >= 4 is 16.1 Å². The molecule has 1 heterocycles. The quantitative estimate of drug-likeness (QED) is 0.513. The first-order valence-corrected chi connectivity index (χ1v) is 9.09. The van der Waals surface area contributed by atoms with E-state index in [1.807, 2.05) is 0 Å². The molecule has 23 heavy (non-hydrogen) atoms. The molecule has 1 aromatic heterocycles. The number of sulfone groups is 1. The Hall–Kier alpha value is -2.08. The van der Waals surface area contributed by atoms with Crippen LogP contribution in [0.4, 0.5) is 0 Å². The number of ether oxygens (including phenoxy) is 1. The van der Waals surface area contributed by atoms with Gasteiger partial charge >= 0.3 is 0 Å². The second-order valence-corrected chi connectivity index (χ2v) is 7.04. The zero-order valence-corrected chi connectivity index (χ0v) is 13.8. The molecule has 0 amide bonds. The smallest absolute Gasteiger partial charge is 0.239 e. The van der Waals surface area contributed by atoms with Crippen LogP contribution in [0.1, 0.15) is 43.2 Å². The molecule has 2 rings (SSSR count). The highest BCUT2D eigenvalue weighted by Crippen LogP contribution is 2.24. The number of unbranched alkanes of at least 4 members (excludes halogenated alkanes) is 3. The minimum atomic E-state index is -3.76. The van der Waals surface area contributed by atoms with Crippen LogP contribution >= 0.6 is 0 Å². The molecule has 0 spiro atoms. The Morgan fingerprint density at radius 1 is 1.04 bits per heavy atom. The van der Waals surface area contributed by atoms with Crippen LogP contribution in [0.5, 0.6) is 5.75 Å².